The van der Waals surface area contributed by atoms with E-state index in [-0.39, 0.29) is 29.6 Å². The van der Waals surface area contributed by atoms with E-state index in [0.29, 0.717) is 17.9 Å². The molecule has 1 aromatic heterocycles. The van der Waals surface area contributed by atoms with Gasteiger partial charge in [-0.3, -0.25) is 9.78 Å². The molecule has 2 aromatic rings. The number of aliphatic hydroxyl groups is 1. The average molecular weight is 434 g/mol. The number of rotatable bonds is 5. The van der Waals surface area contributed by atoms with Gasteiger partial charge in [0.2, 0.25) is 0 Å². The molecule has 2 heterocycles. The molecule has 32 heavy (non-hydrogen) atoms. The highest BCUT2D eigenvalue weighted by molar-refractivity contribution is 5.95. The third kappa shape index (κ3) is 3.90. The van der Waals surface area contributed by atoms with Crippen LogP contribution in [0.5, 0.6) is 0 Å². The molecule has 1 aromatic carbocycles. The summed E-state index contributed by atoms with van der Waals surface area (Å²) in [5.41, 5.74) is 1.98. The first-order valence-corrected chi connectivity index (χ1v) is 11.4. The molecule has 0 spiro atoms. The number of benzene rings is 1. The molecule has 1 saturated carbocycles. The number of pyridine rings is 1. The minimum atomic E-state index is -1.40. The number of carbonyl (C=O) groups excluding carboxylic acids is 2. The van der Waals surface area contributed by atoms with E-state index in [1.54, 1.807) is 13.1 Å². The van der Waals surface area contributed by atoms with Crippen molar-refractivity contribution in [3.8, 4) is 11.1 Å². The van der Waals surface area contributed by atoms with Crippen molar-refractivity contribution in [3.63, 3.8) is 0 Å². The summed E-state index contributed by atoms with van der Waals surface area (Å²) in [6, 6.07) is 11.5. The molecule has 5 heteroatoms. The molecular formula is C27H31NO4. The fourth-order valence-electron chi connectivity index (χ4n) is 5.75. The summed E-state index contributed by atoms with van der Waals surface area (Å²) in [5, 5.41) is 11.2. The number of aromatic nitrogens is 1. The van der Waals surface area contributed by atoms with Crippen LogP contribution in [0.15, 0.2) is 48.7 Å². The molecule has 168 valence electrons. The van der Waals surface area contributed by atoms with Crippen LogP contribution in [0.1, 0.15) is 56.6 Å². The van der Waals surface area contributed by atoms with E-state index in [4.69, 9.17) is 4.74 Å². The fourth-order valence-corrected chi connectivity index (χ4v) is 5.75. The zero-order chi connectivity index (χ0) is 23.0. The van der Waals surface area contributed by atoms with Crippen LogP contribution in [0.4, 0.5) is 0 Å². The zero-order valence-corrected chi connectivity index (χ0v) is 19.1. The van der Waals surface area contributed by atoms with Gasteiger partial charge in [-0.05, 0) is 61.8 Å². The topological polar surface area (TPSA) is 76.5 Å². The molecule has 1 saturated heterocycles. The highest BCUT2D eigenvalue weighted by Crippen LogP contribution is 2.52. The fraction of sp³-hybridized carbons (Fsp3) is 0.444. The molecule has 0 bridgehead atoms. The maximum atomic E-state index is 12.4. The van der Waals surface area contributed by atoms with Gasteiger partial charge in [0.15, 0.2) is 11.4 Å². The third-order valence-corrected chi connectivity index (χ3v) is 7.33. The van der Waals surface area contributed by atoms with Crippen LogP contribution in [0, 0.1) is 23.7 Å². The van der Waals surface area contributed by atoms with Gasteiger partial charge in [-0.1, -0.05) is 50.6 Å². The molecule has 1 aliphatic carbocycles. The lowest BCUT2D eigenvalue weighted by Gasteiger charge is -2.45. The smallest absolute Gasteiger partial charge is 0.338 e. The van der Waals surface area contributed by atoms with Crippen molar-refractivity contribution >= 4 is 17.8 Å². The monoisotopic (exact) mass is 433 g/mol. The Morgan fingerprint density at radius 1 is 1.25 bits per heavy atom. The first-order chi connectivity index (χ1) is 15.2. The number of ketones is 1. The number of allylic oxidation sites excluding steroid dienone is 1. The molecule has 1 aliphatic heterocycles. The van der Waals surface area contributed by atoms with Crippen molar-refractivity contribution in [2.45, 2.75) is 52.2 Å². The third-order valence-electron chi connectivity index (χ3n) is 7.33. The largest absolute Gasteiger partial charge is 0.460 e. The van der Waals surface area contributed by atoms with E-state index < -0.39 is 11.6 Å². The summed E-state index contributed by atoms with van der Waals surface area (Å²) in [5.74, 6) is -0.0789. The van der Waals surface area contributed by atoms with E-state index in [2.05, 4.69) is 24.9 Å². The summed E-state index contributed by atoms with van der Waals surface area (Å²) in [6.07, 6.45) is 7.01. The predicted molar refractivity (Wildman–Crippen MR) is 124 cm³/mol. The number of ether oxygens (including phenoxy) is 1. The number of hydrogen-bond donors (Lipinski definition) is 1. The molecule has 1 N–H and O–H groups in total. The lowest BCUT2D eigenvalue weighted by Crippen LogP contribution is -2.53. The van der Waals surface area contributed by atoms with Gasteiger partial charge < -0.3 is 9.84 Å². The predicted octanol–water partition coefficient (Wildman–Crippen LogP) is 4.94. The summed E-state index contributed by atoms with van der Waals surface area (Å²) >= 11 is 0. The molecule has 0 radical (unpaired) electrons. The second-order valence-electron chi connectivity index (χ2n) is 9.36. The number of carbonyl (C=O) groups is 2. The number of nitrogens with zero attached hydrogens (tertiary/aromatic N) is 1. The molecule has 2 fully saturated rings. The Morgan fingerprint density at radius 2 is 2.03 bits per heavy atom. The molecule has 6 atom stereocenters. The lowest BCUT2D eigenvalue weighted by molar-refractivity contribution is -0.160. The Kier molecular flexibility index (Phi) is 6.04. The van der Waals surface area contributed by atoms with Crippen LogP contribution in [-0.4, -0.2) is 33.5 Å². The van der Waals surface area contributed by atoms with Crippen LogP contribution in [0.25, 0.3) is 17.2 Å². The molecule has 2 aliphatic rings. The number of fused-ring (bicyclic) bond motifs is 1. The van der Waals surface area contributed by atoms with E-state index in [0.717, 1.165) is 23.2 Å². The molecule has 0 amide bonds. The van der Waals surface area contributed by atoms with E-state index in [1.165, 1.54) is 0 Å². The van der Waals surface area contributed by atoms with Crippen LogP contribution < -0.4 is 0 Å². The second kappa shape index (κ2) is 8.62. The number of hydrogen-bond acceptors (Lipinski definition) is 5. The summed E-state index contributed by atoms with van der Waals surface area (Å²) in [4.78, 5) is 28.7. The summed E-state index contributed by atoms with van der Waals surface area (Å²) < 4.78 is 5.46. The first kappa shape index (κ1) is 22.4. The Morgan fingerprint density at radius 3 is 2.69 bits per heavy atom. The van der Waals surface area contributed by atoms with Crippen molar-refractivity contribution in [2.24, 2.45) is 23.7 Å². The maximum absolute atomic E-state index is 12.4. The Hall–Kier alpha value is -2.79. The molecule has 5 nitrogen and oxygen atoms in total. The number of cyclic esters (lactones) is 1. The highest BCUT2D eigenvalue weighted by atomic mass is 16.6. The van der Waals surface area contributed by atoms with E-state index in [9.17, 15) is 14.7 Å². The van der Waals surface area contributed by atoms with Gasteiger partial charge in [-0.25, -0.2) is 4.79 Å². The van der Waals surface area contributed by atoms with E-state index in [1.807, 2.05) is 49.4 Å². The van der Waals surface area contributed by atoms with Crippen molar-refractivity contribution in [1.82, 2.24) is 4.98 Å². The van der Waals surface area contributed by atoms with Gasteiger partial charge in [0.05, 0.1) is 5.69 Å². The minimum absolute atomic E-state index is 0.0314. The zero-order valence-electron chi connectivity index (χ0n) is 19.1. The van der Waals surface area contributed by atoms with Gasteiger partial charge in [0.25, 0.3) is 0 Å². The van der Waals surface area contributed by atoms with E-state index >= 15 is 0 Å². The quantitative estimate of drug-likeness (QED) is 0.534. The lowest BCUT2D eigenvalue weighted by atomic mass is 9.59. The van der Waals surface area contributed by atoms with Crippen molar-refractivity contribution in [1.29, 1.82) is 0 Å². The Balaban J connectivity index is 1.59. The maximum Gasteiger partial charge on any atom is 0.338 e. The average Bonchev–Trinajstić information content (AvgIpc) is 2.99. The highest BCUT2D eigenvalue weighted by Gasteiger charge is 2.62. The van der Waals surface area contributed by atoms with Gasteiger partial charge in [0.1, 0.15) is 6.10 Å². The van der Waals surface area contributed by atoms with Gasteiger partial charge >= 0.3 is 5.97 Å². The summed E-state index contributed by atoms with van der Waals surface area (Å²) in [7, 11) is 0. The first-order valence-electron chi connectivity index (χ1n) is 11.4. The van der Waals surface area contributed by atoms with Crippen molar-refractivity contribution in [3.05, 3.63) is 59.9 Å². The van der Waals surface area contributed by atoms with Crippen LogP contribution >= 0.6 is 0 Å². The molecule has 4 rings (SSSR count). The summed E-state index contributed by atoms with van der Waals surface area (Å²) in [6.45, 7) is 7.72. The van der Waals surface area contributed by atoms with Gasteiger partial charge in [0, 0.05) is 23.2 Å². The number of esters is 1. The normalized spacial score (nSPS) is 32.0. The van der Waals surface area contributed by atoms with Crippen LogP contribution in [-0.2, 0) is 9.53 Å². The SMILES string of the molecule is CCC1C(C)CC2(O)C(=O)OC(C)C2C1/C=C/c1ccc(-c2cccc(C(C)=O)c2)cn1. The van der Waals surface area contributed by atoms with Crippen LogP contribution in [0.3, 0.4) is 0 Å². The standard InChI is InChI=1S/C27H31NO4/c1-5-23-16(2)14-27(31)25(18(4)32-26(27)30)24(23)12-11-22-10-9-21(15-28-22)20-8-6-7-19(13-20)17(3)29/h6-13,15-16,18,23-25,31H,5,14H2,1-4H3/b12-11+. The van der Waals surface area contributed by atoms with Crippen molar-refractivity contribution in [2.75, 3.05) is 0 Å². The second-order valence-corrected chi connectivity index (χ2v) is 9.36. The minimum Gasteiger partial charge on any atom is -0.460 e. The molecule has 6 unspecified atom stereocenters. The Bertz CT molecular complexity index is 1040. The van der Waals surface area contributed by atoms with Crippen molar-refractivity contribution < 1.29 is 19.4 Å². The van der Waals surface area contributed by atoms with Gasteiger partial charge in [-0.15, -0.1) is 0 Å². The molecular weight excluding hydrogens is 402 g/mol. The number of Topliss-reactive ketones (excluding diaryl/α,β-unsaturated/α-hetero) is 1. The van der Waals surface area contributed by atoms with Gasteiger partial charge in [-0.2, -0.15) is 0 Å². The Labute approximate surface area is 189 Å². The van der Waals surface area contributed by atoms with Crippen LogP contribution in [0.2, 0.25) is 0 Å².